The first-order valence-corrected chi connectivity index (χ1v) is 8.09. The van der Waals surface area contributed by atoms with Gasteiger partial charge in [-0.25, -0.2) is 0 Å². The number of thiazole rings is 1. The van der Waals surface area contributed by atoms with E-state index in [4.69, 9.17) is 4.74 Å². The van der Waals surface area contributed by atoms with Gasteiger partial charge < -0.3 is 9.64 Å². The zero-order valence-corrected chi connectivity index (χ0v) is 14.1. The van der Waals surface area contributed by atoms with Gasteiger partial charge in [0.15, 0.2) is 0 Å². The number of ether oxygens (including phenoxy) is 1. The predicted octanol–water partition coefficient (Wildman–Crippen LogP) is 2.44. The van der Waals surface area contributed by atoms with Crippen molar-refractivity contribution in [3.05, 3.63) is 63.2 Å². The average Bonchev–Trinajstić information content (AvgIpc) is 2.87. The highest BCUT2D eigenvalue weighted by Crippen LogP contribution is 2.13. The molecular weight excluding hydrogens is 312 g/mol. The van der Waals surface area contributed by atoms with Gasteiger partial charge in [0, 0.05) is 24.2 Å². The second-order valence-corrected chi connectivity index (χ2v) is 5.96. The van der Waals surface area contributed by atoms with Crippen LogP contribution in [0.4, 0.5) is 0 Å². The molecule has 23 heavy (non-hydrogen) atoms. The lowest BCUT2D eigenvalue weighted by molar-refractivity contribution is -0.132. The summed E-state index contributed by atoms with van der Waals surface area (Å²) in [6.45, 7) is 6.48. The topological polar surface area (TPSA) is 51.5 Å². The van der Waals surface area contributed by atoms with E-state index in [1.807, 2.05) is 31.2 Å². The fourth-order valence-electron chi connectivity index (χ4n) is 2.19. The van der Waals surface area contributed by atoms with E-state index in [9.17, 15) is 9.59 Å². The summed E-state index contributed by atoms with van der Waals surface area (Å²) in [5.41, 5.74) is 1.80. The van der Waals surface area contributed by atoms with Gasteiger partial charge >= 0.3 is 4.87 Å². The van der Waals surface area contributed by atoms with Crippen LogP contribution in [0, 0.1) is 6.92 Å². The van der Waals surface area contributed by atoms with Crippen molar-refractivity contribution in [2.75, 3.05) is 13.7 Å². The number of hydrogen-bond donors (Lipinski definition) is 0. The fraction of sp³-hybridized carbons (Fsp3) is 0.294. The minimum absolute atomic E-state index is 0.0537. The number of aryl methyl sites for hydroxylation is 1. The fourth-order valence-corrected chi connectivity index (χ4v) is 2.93. The molecule has 1 heterocycles. The van der Waals surface area contributed by atoms with Crippen molar-refractivity contribution in [1.29, 1.82) is 0 Å². The molecular formula is C17H20N2O3S. The number of carbonyl (C=O) groups is 1. The molecule has 0 aliphatic carbocycles. The average molecular weight is 332 g/mol. The van der Waals surface area contributed by atoms with Gasteiger partial charge in [0.2, 0.25) is 5.91 Å². The maximum absolute atomic E-state index is 12.5. The molecule has 2 aromatic rings. The summed E-state index contributed by atoms with van der Waals surface area (Å²) >= 11 is 1.11. The maximum Gasteiger partial charge on any atom is 0.307 e. The van der Waals surface area contributed by atoms with Gasteiger partial charge in [0.05, 0.1) is 7.11 Å². The van der Waals surface area contributed by atoms with Crippen LogP contribution in [0.1, 0.15) is 11.3 Å². The zero-order chi connectivity index (χ0) is 16.8. The molecule has 0 saturated heterocycles. The van der Waals surface area contributed by atoms with Crippen molar-refractivity contribution < 1.29 is 9.53 Å². The summed E-state index contributed by atoms with van der Waals surface area (Å²) in [7, 11) is 1.61. The van der Waals surface area contributed by atoms with Crippen molar-refractivity contribution >= 4 is 17.2 Å². The van der Waals surface area contributed by atoms with E-state index in [0.29, 0.717) is 13.1 Å². The van der Waals surface area contributed by atoms with Crippen LogP contribution in [0.3, 0.4) is 0 Å². The van der Waals surface area contributed by atoms with Crippen molar-refractivity contribution in [1.82, 2.24) is 9.47 Å². The molecule has 0 aliphatic heterocycles. The second kappa shape index (κ2) is 7.78. The van der Waals surface area contributed by atoms with Gasteiger partial charge in [-0.05, 0) is 24.6 Å². The van der Waals surface area contributed by atoms with Gasteiger partial charge in [-0.1, -0.05) is 29.5 Å². The van der Waals surface area contributed by atoms with E-state index < -0.39 is 0 Å². The molecule has 5 nitrogen and oxygen atoms in total. The van der Waals surface area contributed by atoms with Gasteiger partial charge in [-0.15, -0.1) is 6.58 Å². The Labute approximate surface area is 139 Å². The van der Waals surface area contributed by atoms with E-state index in [1.54, 1.807) is 23.5 Å². The summed E-state index contributed by atoms with van der Waals surface area (Å²) < 4.78 is 6.63. The normalized spacial score (nSPS) is 10.3. The first-order valence-electron chi connectivity index (χ1n) is 7.21. The van der Waals surface area contributed by atoms with E-state index in [2.05, 4.69) is 6.58 Å². The third-order valence-electron chi connectivity index (χ3n) is 3.50. The molecule has 0 spiro atoms. The highest BCUT2D eigenvalue weighted by molar-refractivity contribution is 7.07. The lowest BCUT2D eigenvalue weighted by atomic mass is 10.2. The monoisotopic (exact) mass is 332 g/mol. The quantitative estimate of drug-likeness (QED) is 0.732. The van der Waals surface area contributed by atoms with Gasteiger partial charge in [0.1, 0.15) is 12.3 Å². The summed E-state index contributed by atoms with van der Waals surface area (Å²) in [5.74, 6) is 0.667. The van der Waals surface area contributed by atoms with Crippen molar-refractivity contribution in [2.45, 2.75) is 20.0 Å². The van der Waals surface area contributed by atoms with Gasteiger partial charge in [0.25, 0.3) is 0 Å². The molecule has 1 amide bonds. The summed E-state index contributed by atoms with van der Waals surface area (Å²) in [4.78, 5) is 25.9. The number of aromatic nitrogens is 1. The number of amides is 1. The molecule has 0 saturated carbocycles. The van der Waals surface area contributed by atoms with Crippen molar-refractivity contribution in [3.8, 4) is 5.75 Å². The molecule has 1 aromatic heterocycles. The lowest BCUT2D eigenvalue weighted by Gasteiger charge is -2.22. The van der Waals surface area contributed by atoms with Crippen LogP contribution in [0.15, 0.2) is 47.1 Å². The van der Waals surface area contributed by atoms with E-state index in [-0.39, 0.29) is 17.3 Å². The number of nitrogens with zero attached hydrogens (tertiary/aromatic N) is 2. The molecule has 0 N–H and O–H groups in total. The first kappa shape index (κ1) is 17.0. The molecule has 0 unspecified atom stereocenters. The Morgan fingerprint density at radius 3 is 2.61 bits per heavy atom. The smallest absolute Gasteiger partial charge is 0.307 e. The maximum atomic E-state index is 12.5. The van der Waals surface area contributed by atoms with Crippen LogP contribution in [0.5, 0.6) is 5.75 Å². The summed E-state index contributed by atoms with van der Waals surface area (Å²) in [6.07, 6.45) is 1.69. The predicted molar refractivity (Wildman–Crippen MR) is 91.9 cm³/mol. The molecule has 122 valence electrons. The van der Waals surface area contributed by atoms with E-state index in [1.165, 1.54) is 4.57 Å². The number of hydrogen-bond acceptors (Lipinski definition) is 4. The van der Waals surface area contributed by atoms with Crippen LogP contribution in [0.2, 0.25) is 0 Å². The Balaban J connectivity index is 2.11. The highest BCUT2D eigenvalue weighted by atomic mass is 32.1. The third kappa shape index (κ3) is 4.32. The van der Waals surface area contributed by atoms with E-state index in [0.717, 1.165) is 28.3 Å². The molecule has 1 aromatic carbocycles. The van der Waals surface area contributed by atoms with Crippen LogP contribution in [-0.2, 0) is 17.9 Å². The molecule has 0 atom stereocenters. The molecule has 0 radical (unpaired) electrons. The van der Waals surface area contributed by atoms with Crippen LogP contribution in [-0.4, -0.2) is 29.0 Å². The SMILES string of the molecule is C=CCN(Cc1ccc(OC)cc1)C(=O)Cn1c(C)csc1=O. The number of carbonyl (C=O) groups excluding carboxylic acids is 1. The largest absolute Gasteiger partial charge is 0.497 e. The lowest BCUT2D eigenvalue weighted by Crippen LogP contribution is -2.35. The summed E-state index contributed by atoms with van der Waals surface area (Å²) in [6, 6.07) is 7.56. The second-order valence-electron chi connectivity index (χ2n) is 5.14. The van der Waals surface area contributed by atoms with Crippen LogP contribution in [0.25, 0.3) is 0 Å². The van der Waals surface area contributed by atoms with Crippen molar-refractivity contribution in [3.63, 3.8) is 0 Å². The zero-order valence-electron chi connectivity index (χ0n) is 13.3. The Hall–Kier alpha value is -2.34. The molecule has 0 aliphatic rings. The minimum atomic E-state index is -0.112. The summed E-state index contributed by atoms with van der Waals surface area (Å²) in [5, 5.41) is 1.76. The van der Waals surface area contributed by atoms with Crippen LogP contribution >= 0.6 is 11.3 Å². The molecule has 2 rings (SSSR count). The number of methoxy groups -OCH3 is 1. The number of benzene rings is 1. The number of rotatable bonds is 7. The third-order valence-corrected chi connectivity index (χ3v) is 4.39. The first-order chi connectivity index (χ1) is 11.0. The minimum Gasteiger partial charge on any atom is -0.497 e. The van der Waals surface area contributed by atoms with Crippen molar-refractivity contribution in [2.24, 2.45) is 0 Å². The van der Waals surface area contributed by atoms with Gasteiger partial charge in [-0.3, -0.25) is 14.2 Å². The Kier molecular flexibility index (Phi) is 5.76. The Morgan fingerprint density at radius 1 is 1.39 bits per heavy atom. The standard InChI is InChI=1S/C17H20N2O3S/c1-4-9-18(10-14-5-7-15(22-3)8-6-14)16(20)11-19-13(2)12-23-17(19)21/h4-8,12H,1,9-11H2,2-3H3. The van der Waals surface area contributed by atoms with Crippen LogP contribution < -0.4 is 9.61 Å². The Morgan fingerprint density at radius 2 is 2.09 bits per heavy atom. The molecule has 6 heteroatoms. The molecule has 0 bridgehead atoms. The Bertz CT molecular complexity index is 731. The highest BCUT2D eigenvalue weighted by Gasteiger charge is 2.15. The molecule has 0 fully saturated rings. The van der Waals surface area contributed by atoms with Gasteiger partial charge in [-0.2, -0.15) is 0 Å². The van der Waals surface area contributed by atoms with E-state index >= 15 is 0 Å².